The second-order valence-corrected chi connectivity index (χ2v) is 13.9. The Morgan fingerprint density at radius 1 is 0.615 bits per heavy atom. The highest BCUT2D eigenvalue weighted by molar-refractivity contribution is 6.66. The number of benzene rings is 4. The highest BCUT2D eigenvalue weighted by Crippen LogP contribution is 2.40. The number of hydrogen-bond acceptors (Lipinski definition) is 8. The molecule has 52 heavy (non-hydrogen) atoms. The Balaban J connectivity index is 0.000000201. The van der Waals surface area contributed by atoms with Gasteiger partial charge in [-0.25, -0.2) is 8.78 Å². The van der Waals surface area contributed by atoms with Gasteiger partial charge < -0.3 is 20.3 Å². The number of hydrazine groups is 2. The van der Waals surface area contributed by atoms with Crippen LogP contribution in [0.3, 0.4) is 0 Å². The van der Waals surface area contributed by atoms with Gasteiger partial charge in [-0.3, -0.25) is 9.98 Å². The molecule has 276 valence electrons. The number of hydrogen-bond donors (Lipinski definition) is 2. The standard InChI is InChI=1S/C18H17Cl3FN3O.C18H17F4N3O/c19-18(20,21)16-4-2-1-3-14(16)10-26-17(9-25-12-23-11-24-25)13-5-7-15(22)8-6-13;19-15-7-5-13(6-8-15)17(9-25-12-23-11-24-25)26-10-14-3-1-2-4-16(14)18(20,21)22/h2*1-8,11,17H,9-10,12H2,(H,23,24). The maximum Gasteiger partial charge on any atom is 0.416 e. The molecular weight excluding hydrogens is 750 g/mol. The largest absolute Gasteiger partial charge is 0.416 e. The fraction of sp³-hybridized carbons (Fsp3) is 0.278. The van der Waals surface area contributed by atoms with Crippen LogP contribution in [0.2, 0.25) is 0 Å². The monoisotopic (exact) mass is 782 g/mol. The van der Waals surface area contributed by atoms with E-state index < -0.39 is 27.5 Å². The van der Waals surface area contributed by atoms with Crippen LogP contribution in [0.4, 0.5) is 22.0 Å². The average molecular weight is 784 g/mol. The first-order valence-electron chi connectivity index (χ1n) is 15.9. The molecule has 4 aromatic carbocycles. The molecule has 0 amide bonds. The van der Waals surface area contributed by atoms with E-state index in [2.05, 4.69) is 20.8 Å². The predicted molar refractivity (Wildman–Crippen MR) is 191 cm³/mol. The summed E-state index contributed by atoms with van der Waals surface area (Å²) in [5.74, 6) is -0.686. The second kappa shape index (κ2) is 18.3. The maximum absolute atomic E-state index is 13.3. The molecule has 0 saturated heterocycles. The van der Waals surface area contributed by atoms with Crippen LogP contribution >= 0.6 is 34.8 Å². The Hall–Kier alpha value is -3.82. The Morgan fingerprint density at radius 3 is 1.40 bits per heavy atom. The quantitative estimate of drug-likeness (QED) is 0.111. The van der Waals surface area contributed by atoms with Crippen molar-refractivity contribution in [3.05, 3.63) is 142 Å². The molecular formula is C36H34Cl3F5N6O2. The van der Waals surface area contributed by atoms with Gasteiger partial charge in [-0.15, -0.1) is 0 Å². The van der Waals surface area contributed by atoms with E-state index >= 15 is 0 Å². The van der Waals surface area contributed by atoms with E-state index in [1.807, 2.05) is 23.2 Å². The Labute approximate surface area is 312 Å². The van der Waals surface area contributed by atoms with Crippen molar-refractivity contribution in [1.29, 1.82) is 0 Å². The lowest BCUT2D eigenvalue weighted by Crippen LogP contribution is -2.36. The highest BCUT2D eigenvalue weighted by Gasteiger charge is 2.33. The first-order chi connectivity index (χ1) is 24.9. The van der Waals surface area contributed by atoms with E-state index in [4.69, 9.17) is 44.3 Å². The van der Waals surface area contributed by atoms with Gasteiger partial charge in [0.1, 0.15) is 25.0 Å². The van der Waals surface area contributed by atoms with E-state index in [-0.39, 0.29) is 30.7 Å². The van der Waals surface area contributed by atoms with Crippen molar-refractivity contribution in [2.75, 3.05) is 26.4 Å². The first-order valence-corrected chi connectivity index (χ1v) is 17.0. The molecule has 2 aliphatic heterocycles. The summed E-state index contributed by atoms with van der Waals surface area (Å²) >= 11 is 18.1. The van der Waals surface area contributed by atoms with Crippen LogP contribution < -0.4 is 10.9 Å². The summed E-state index contributed by atoms with van der Waals surface area (Å²) in [5.41, 5.74) is 8.15. The van der Waals surface area contributed by atoms with Crippen molar-refractivity contribution in [3.8, 4) is 0 Å². The molecule has 0 radical (unpaired) electrons. The predicted octanol–water partition coefficient (Wildman–Crippen LogP) is 8.62. The first kappa shape index (κ1) is 39.4. The van der Waals surface area contributed by atoms with E-state index in [0.29, 0.717) is 37.6 Å². The number of aliphatic imine (C=N–C) groups is 2. The topological polar surface area (TPSA) is 73.7 Å². The average Bonchev–Trinajstić information content (AvgIpc) is 3.84. The van der Waals surface area contributed by atoms with Gasteiger partial charge in [0, 0.05) is 5.56 Å². The zero-order valence-electron chi connectivity index (χ0n) is 27.4. The SMILES string of the molecule is Fc1ccc(C(CN2CN=CN2)OCc2ccccc2C(Cl)(Cl)Cl)cc1.Fc1ccc(C(CN2CN=CN2)OCc2ccccc2C(F)(F)F)cc1. The molecule has 2 aliphatic rings. The molecule has 2 heterocycles. The summed E-state index contributed by atoms with van der Waals surface area (Å²) in [6.45, 7) is 1.83. The molecule has 16 heteroatoms. The van der Waals surface area contributed by atoms with E-state index in [0.717, 1.165) is 17.2 Å². The van der Waals surface area contributed by atoms with Crippen LogP contribution in [0, 0.1) is 11.6 Å². The zero-order valence-corrected chi connectivity index (χ0v) is 29.7. The number of ether oxygens (including phenoxy) is 2. The Morgan fingerprint density at radius 2 is 1.02 bits per heavy atom. The molecule has 0 spiro atoms. The third-order valence-electron chi connectivity index (χ3n) is 7.95. The van der Waals surface area contributed by atoms with Crippen molar-refractivity contribution in [1.82, 2.24) is 20.9 Å². The van der Waals surface area contributed by atoms with Crippen molar-refractivity contribution in [2.24, 2.45) is 9.98 Å². The molecule has 4 aromatic rings. The zero-order chi connectivity index (χ0) is 37.1. The molecule has 0 aromatic heterocycles. The van der Waals surface area contributed by atoms with Crippen LogP contribution in [0.25, 0.3) is 0 Å². The number of nitrogens with zero attached hydrogens (tertiary/aromatic N) is 4. The Bertz CT molecular complexity index is 1650. The summed E-state index contributed by atoms with van der Waals surface area (Å²) in [6.07, 6.45) is -2.16. The normalized spacial score (nSPS) is 15.8. The smallest absolute Gasteiger partial charge is 0.367 e. The van der Waals surface area contributed by atoms with Crippen LogP contribution in [-0.2, 0) is 32.7 Å². The summed E-state index contributed by atoms with van der Waals surface area (Å²) in [7, 11) is 0. The summed E-state index contributed by atoms with van der Waals surface area (Å²) in [6, 6.07) is 24.5. The lowest BCUT2D eigenvalue weighted by molar-refractivity contribution is -0.139. The van der Waals surface area contributed by atoms with Crippen LogP contribution in [0.1, 0.15) is 45.6 Å². The molecule has 0 saturated carbocycles. The van der Waals surface area contributed by atoms with Crippen molar-refractivity contribution in [3.63, 3.8) is 0 Å². The number of halogens is 8. The van der Waals surface area contributed by atoms with E-state index in [1.54, 1.807) is 41.7 Å². The van der Waals surface area contributed by atoms with Gasteiger partial charge in [-0.2, -0.15) is 23.2 Å². The highest BCUT2D eigenvalue weighted by atomic mass is 35.6. The summed E-state index contributed by atoms with van der Waals surface area (Å²) in [5, 5.41) is 3.65. The minimum Gasteiger partial charge on any atom is -0.367 e. The van der Waals surface area contributed by atoms with Gasteiger partial charge in [-0.1, -0.05) is 102 Å². The third kappa shape index (κ3) is 11.6. The molecule has 0 aliphatic carbocycles. The van der Waals surface area contributed by atoms with Crippen molar-refractivity contribution >= 4 is 47.5 Å². The van der Waals surface area contributed by atoms with Crippen LogP contribution in [0.5, 0.6) is 0 Å². The molecule has 2 unspecified atom stereocenters. The van der Waals surface area contributed by atoms with Gasteiger partial charge in [0.15, 0.2) is 0 Å². The third-order valence-corrected chi connectivity index (χ3v) is 8.56. The Kier molecular flexibility index (Phi) is 13.9. The molecule has 0 bridgehead atoms. The van der Waals surface area contributed by atoms with Crippen molar-refractivity contribution in [2.45, 2.75) is 35.4 Å². The molecule has 6 rings (SSSR count). The van der Waals surface area contributed by atoms with E-state index in [1.165, 1.54) is 48.8 Å². The van der Waals surface area contributed by atoms with Gasteiger partial charge in [0.25, 0.3) is 0 Å². The number of nitrogens with one attached hydrogen (secondary N) is 2. The number of alkyl halides is 6. The number of rotatable bonds is 12. The summed E-state index contributed by atoms with van der Waals surface area (Å²) < 4.78 is 76.2. The minimum atomic E-state index is -4.45. The second-order valence-electron chi connectivity index (χ2n) is 11.6. The van der Waals surface area contributed by atoms with Crippen molar-refractivity contribution < 1.29 is 31.4 Å². The summed E-state index contributed by atoms with van der Waals surface area (Å²) in [4.78, 5) is 8.13. The fourth-order valence-corrected chi connectivity index (χ4v) is 5.87. The lowest BCUT2D eigenvalue weighted by Gasteiger charge is -2.25. The molecule has 2 atom stereocenters. The molecule has 2 N–H and O–H groups in total. The van der Waals surface area contributed by atoms with Gasteiger partial charge in [0.2, 0.25) is 3.79 Å². The maximum atomic E-state index is 13.3. The van der Waals surface area contributed by atoms with Gasteiger partial charge >= 0.3 is 6.18 Å². The van der Waals surface area contributed by atoms with Crippen LogP contribution in [-0.4, -0.2) is 49.1 Å². The molecule has 8 nitrogen and oxygen atoms in total. The minimum absolute atomic E-state index is 0.0535. The fourth-order valence-electron chi connectivity index (χ4n) is 5.32. The van der Waals surface area contributed by atoms with Gasteiger partial charge in [-0.05, 0) is 52.6 Å². The molecule has 0 fully saturated rings. The van der Waals surface area contributed by atoms with E-state index in [9.17, 15) is 22.0 Å². The lowest BCUT2D eigenvalue weighted by atomic mass is 10.1. The van der Waals surface area contributed by atoms with Gasteiger partial charge in [0.05, 0.1) is 56.8 Å². The van der Waals surface area contributed by atoms with Crippen LogP contribution in [0.15, 0.2) is 107 Å².